The van der Waals surface area contributed by atoms with Gasteiger partial charge in [0.25, 0.3) is 0 Å². The van der Waals surface area contributed by atoms with Crippen molar-refractivity contribution in [3.8, 4) is 11.5 Å². The normalized spacial score (nSPS) is 10.6. The fourth-order valence-corrected chi connectivity index (χ4v) is 3.09. The zero-order valence-electron chi connectivity index (χ0n) is 18.2. The van der Waals surface area contributed by atoms with Gasteiger partial charge in [-0.25, -0.2) is 9.59 Å². The summed E-state index contributed by atoms with van der Waals surface area (Å²) in [6.45, 7) is 6.77. The Morgan fingerprint density at radius 2 is 1.33 bits per heavy atom. The summed E-state index contributed by atoms with van der Waals surface area (Å²) < 4.78 is 21.4. The third-order valence-electron chi connectivity index (χ3n) is 4.73. The van der Waals surface area contributed by atoms with Crippen molar-refractivity contribution in [2.45, 2.75) is 65.7 Å². The summed E-state index contributed by atoms with van der Waals surface area (Å²) in [5.41, 5.74) is 0.744. The van der Waals surface area contributed by atoms with Gasteiger partial charge in [-0.2, -0.15) is 0 Å². The molecule has 30 heavy (non-hydrogen) atoms. The van der Waals surface area contributed by atoms with Gasteiger partial charge in [0.2, 0.25) is 0 Å². The van der Waals surface area contributed by atoms with Gasteiger partial charge >= 0.3 is 12.3 Å². The molecule has 0 aliphatic heterocycles. The molecule has 0 heterocycles. The van der Waals surface area contributed by atoms with Crippen molar-refractivity contribution in [3.63, 3.8) is 0 Å². The molecule has 2 aromatic rings. The first-order valence-electron chi connectivity index (χ1n) is 10.8. The van der Waals surface area contributed by atoms with E-state index in [4.69, 9.17) is 18.9 Å². The van der Waals surface area contributed by atoms with Crippen molar-refractivity contribution in [3.05, 3.63) is 35.9 Å². The third-order valence-corrected chi connectivity index (χ3v) is 4.73. The van der Waals surface area contributed by atoms with Crippen molar-refractivity contribution >= 4 is 23.1 Å². The van der Waals surface area contributed by atoms with Crippen LogP contribution in [0.25, 0.3) is 10.8 Å². The molecular weight excluding hydrogens is 384 g/mol. The number of hydrogen-bond donors (Lipinski definition) is 0. The number of hydrogen-bond acceptors (Lipinski definition) is 6. The van der Waals surface area contributed by atoms with Crippen LogP contribution in [0.3, 0.4) is 0 Å². The predicted molar refractivity (Wildman–Crippen MR) is 116 cm³/mol. The molecule has 0 bridgehead atoms. The lowest BCUT2D eigenvalue weighted by molar-refractivity contribution is 0.0957. The van der Waals surface area contributed by atoms with Gasteiger partial charge in [-0.3, -0.25) is 0 Å². The first-order valence-corrected chi connectivity index (χ1v) is 10.8. The van der Waals surface area contributed by atoms with E-state index in [-0.39, 0.29) is 0 Å². The third kappa shape index (κ3) is 6.94. The van der Waals surface area contributed by atoms with Crippen molar-refractivity contribution < 1.29 is 28.5 Å². The maximum atomic E-state index is 12.2. The van der Waals surface area contributed by atoms with Crippen LogP contribution in [0.15, 0.2) is 30.3 Å². The number of ether oxygens (including phenoxy) is 4. The lowest BCUT2D eigenvalue weighted by atomic mass is 10.0. The molecule has 0 spiro atoms. The van der Waals surface area contributed by atoms with E-state index in [0.717, 1.165) is 44.1 Å². The topological polar surface area (TPSA) is 71.1 Å². The van der Waals surface area contributed by atoms with Crippen LogP contribution in [0.2, 0.25) is 0 Å². The molecule has 0 atom stereocenters. The Hall–Kier alpha value is -2.76. The van der Waals surface area contributed by atoms with E-state index in [1.165, 1.54) is 0 Å². The molecule has 6 nitrogen and oxygen atoms in total. The molecule has 164 valence electrons. The van der Waals surface area contributed by atoms with Gasteiger partial charge in [-0.15, -0.1) is 0 Å². The molecule has 6 heteroatoms. The van der Waals surface area contributed by atoms with Crippen LogP contribution in [0.4, 0.5) is 9.59 Å². The van der Waals surface area contributed by atoms with E-state index in [9.17, 15) is 9.59 Å². The largest absolute Gasteiger partial charge is 0.513 e. The first kappa shape index (κ1) is 23.5. The zero-order valence-corrected chi connectivity index (χ0v) is 18.2. The molecule has 0 aromatic heterocycles. The van der Waals surface area contributed by atoms with E-state index in [0.29, 0.717) is 41.9 Å². The van der Waals surface area contributed by atoms with E-state index >= 15 is 0 Å². The highest BCUT2D eigenvalue weighted by atomic mass is 16.7. The van der Waals surface area contributed by atoms with Gasteiger partial charge < -0.3 is 18.9 Å². The Labute approximate surface area is 178 Å². The molecule has 0 saturated carbocycles. The highest BCUT2D eigenvalue weighted by Crippen LogP contribution is 2.37. The van der Waals surface area contributed by atoms with Crippen molar-refractivity contribution in [1.82, 2.24) is 0 Å². The lowest BCUT2D eigenvalue weighted by Gasteiger charge is -2.15. The minimum atomic E-state index is -0.734. The number of aryl methyl sites for hydroxylation is 1. The standard InChI is InChI=1S/C24H32O6/c1-4-7-11-15-27-23(25)29-21-17-18(6-3)22(20-14-10-9-13-19(20)21)30-24(26)28-16-12-8-5-2/h9-10,13-14,17H,4-8,11-12,15-16H2,1-3H3. The number of unbranched alkanes of at least 4 members (excludes halogenated alkanes) is 4. The van der Waals surface area contributed by atoms with E-state index in [1.807, 2.05) is 31.2 Å². The summed E-state index contributed by atoms with van der Waals surface area (Å²) in [5, 5.41) is 1.34. The Bertz CT molecular complexity index is 830. The highest BCUT2D eigenvalue weighted by Gasteiger charge is 2.19. The van der Waals surface area contributed by atoms with Gasteiger partial charge in [-0.05, 0) is 30.9 Å². The van der Waals surface area contributed by atoms with Crippen LogP contribution in [-0.4, -0.2) is 25.5 Å². The number of carbonyl (C=O) groups excluding carboxylic acids is 2. The summed E-state index contributed by atoms with van der Waals surface area (Å²) in [6.07, 6.45) is 4.83. The highest BCUT2D eigenvalue weighted by molar-refractivity contribution is 5.96. The maximum Gasteiger partial charge on any atom is 0.513 e. The minimum Gasteiger partial charge on any atom is -0.434 e. The summed E-state index contributed by atoms with van der Waals surface area (Å²) in [6, 6.07) is 9.03. The molecule has 0 unspecified atom stereocenters. The summed E-state index contributed by atoms with van der Waals surface area (Å²) in [5.74, 6) is 0.809. The SMILES string of the molecule is CCCCCOC(=O)Oc1cc(CC)c(OC(=O)OCCCCC)c2ccccc12. The molecule has 0 saturated heterocycles. The van der Waals surface area contributed by atoms with Crippen LogP contribution < -0.4 is 9.47 Å². The minimum absolute atomic E-state index is 0.330. The smallest absolute Gasteiger partial charge is 0.434 e. The van der Waals surface area contributed by atoms with Gasteiger partial charge in [-0.1, -0.05) is 70.7 Å². The summed E-state index contributed by atoms with van der Waals surface area (Å²) >= 11 is 0. The molecule has 0 radical (unpaired) electrons. The van der Waals surface area contributed by atoms with Crippen molar-refractivity contribution in [2.75, 3.05) is 13.2 Å². The number of fused-ring (bicyclic) bond motifs is 1. The van der Waals surface area contributed by atoms with Crippen molar-refractivity contribution in [1.29, 1.82) is 0 Å². The molecule has 0 fully saturated rings. The van der Waals surface area contributed by atoms with Gasteiger partial charge in [0, 0.05) is 10.8 Å². The zero-order chi connectivity index (χ0) is 21.8. The Morgan fingerprint density at radius 1 is 0.767 bits per heavy atom. The van der Waals surface area contributed by atoms with Crippen LogP contribution in [0.1, 0.15) is 64.9 Å². The molecular formula is C24H32O6. The summed E-state index contributed by atoms with van der Waals surface area (Å²) in [4.78, 5) is 24.3. The lowest BCUT2D eigenvalue weighted by Crippen LogP contribution is -2.14. The average molecular weight is 417 g/mol. The van der Waals surface area contributed by atoms with Crippen LogP contribution in [0, 0.1) is 0 Å². The Balaban J connectivity index is 2.19. The van der Waals surface area contributed by atoms with E-state index in [1.54, 1.807) is 6.07 Å². The number of carbonyl (C=O) groups is 2. The summed E-state index contributed by atoms with van der Waals surface area (Å²) in [7, 11) is 0. The quantitative estimate of drug-likeness (QED) is 0.227. The average Bonchev–Trinajstić information content (AvgIpc) is 2.76. The Morgan fingerprint density at radius 3 is 1.90 bits per heavy atom. The molecule has 2 aromatic carbocycles. The monoisotopic (exact) mass is 416 g/mol. The first-order chi connectivity index (χ1) is 14.6. The second kappa shape index (κ2) is 12.7. The predicted octanol–water partition coefficient (Wildman–Crippen LogP) is 6.81. The van der Waals surface area contributed by atoms with E-state index < -0.39 is 12.3 Å². The number of benzene rings is 2. The van der Waals surface area contributed by atoms with Crippen LogP contribution in [-0.2, 0) is 15.9 Å². The molecule has 0 aliphatic carbocycles. The maximum absolute atomic E-state index is 12.2. The molecule has 2 rings (SSSR count). The molecule has 0 N–H and O–H groups in total. The van der Waals surface area contributed by atoms with Gasteiger partial charge in [0.05, 0.1) is 13.2 Å². The van der Waals surface area contributed by atoms with Crippen LogP contribution in [0.5, 0.6) is 11.5 Å². The van der Waals surface area contributed by atoms with Gasteiger partial charge in [0.15, 0.2) is 0 Å². The fraction of sp³-hybridized carbons (Fsp3) is 0.500. The molecule has 0 amide bonds. The van der Waals surface area contributed by atoms with Gasteiger partial charge in [0.1, 0.15) is 11.5 Å². The van der Waals surface area contributed by atoms with E-state index in [2.05, 4.69) is 13.8 Å². The Kier molecular flexibility index (Phi) is 9.98. The second-order valence-electron chi connectivity index (χ2n) is 7.08. The van der Waals surface area contributed by atoms with Crippen LogP contribution >= 0.6 is 0 Å². The van der Waals surface area contributed by atoms with Crippen molar-refractivity contribution in [2.24, 2.45) is 0 Å². The number of rotatable bonds is 11. The fourth-order valence-electron chi connectivity index (χ4n) is 3.09. The second-order valence-corrected chi connectivity index (χ2v) is 7.08. The molecule has 0 aliphatic rings.